The standard InChI is InChI=1S/C19H18N4O2/c1-13(6-7-14-8-9-17-18(10-14)25-12-24-17)21-23-19-16-5-3-2-4-15(16)11-20-22-19/h2-5,8-11H,6-7,12H2,1H3,(H,22,23). The smallest absolute Gasteiger partial charge is 0.231 e. The van der Waals surface area contributed by atoms with E-state index in [-0.39, 0.29) is 0 Å². The molecule has 1 N–H and O–H groups in total. The first-order valence-electron chi connectivity index (χ1n) is 8.18. The zero-order chi connectivity index (χ0) is 17.1. The van der Waals surface area contributed by atoms with Crippen LogP contribution in [-0.2, 0) is 6.42 Å². The molecule has 4 rings (SSSR count). The van der Waals surface area contributed by atoms with Crippen molar-refractivity contribution in [3.8, 4) is 11.5 Å². The van der Waals surface area contributed by atoms with Gasteiger partial charge in [0.25, 0.3) is 0 Å². The number of nitrogens with zero attached hydrogens (tertiary/aromatic N) is 3. The third kappa shape index (κ3) is 3.38. The third-order valence-electron chi connectivity index (χ3n) is 4.14. The molecule has 0 fully saturated rings. The fraction of sp³-hybridized carbons (Fsp3) is 0.211. The molecular weight excluding hydrogens is 316 g/mol. The molecule has 1 aromatic heterocycles. The maximum atomic E-state index is 5.41. The Bertz CT molecular complexity index is 934. The summed E-state index contributed by atoms with van der Waals surface area (Å²) >= 11 is 0. The minimum Gasteiger partial charge on any atom is -0.454 e. The average molecular weight is 334 g/mol. The molecular formula is C19H18N4O2. The number of hydrazone groups is 1. The van der Waals surface area contributed by atoms with Crippen molar-refractivity contribution in [1.82, 2.24) is 10.2 Å². The van der Waals surface area contributed by atoms with Crippen molar-refractivity contribution in [2.45, 2.75) is 19.8 Å². The van der Waals surface area contributed by atoms with Crippen LogP contribution in [0.1, 0.15) is 18.9 Å². The molecule has 0 amide bonds. The summed E-state index contributed by atoms with van der Waals surface area (Å²) in [7, 11) is 0. The van der Waals surface area contributed by atoms with Gasteiger partial charge in [0.2, 0.25) is 6.79 Å². The molecule has 126 valence electrons. The zero-order valence-corrected chi connectivity index (χ0v) is 13.9. The number of hydrogen-bond acceptors (Lipinski definition) is 6. The van der Waals surface area contributed by atoms with Crippen molar-refractivity contribution in [1.29, 1.82) is 0 Å². The fourth-order valence-corrected chi connectivity index (χ4v) is 2.74. The molecule has 0 aliphatic carbocycles. The van der Waals surface area contributed by atoms with Gasteiger partial charge in [0.05, 0.1) is 6.20 Å². The largest absolute Gasteiger partial charge is 0.454 e. The van der Waals surface area contributed by atoms with Crippen LogP contribution in [-0.4, -0.2) is 22.7 Å². The average Bonchev–Trinajstić information content (AvgIpc) is 3.12. The summed E-state index contributed by atoms with van der Waals surface area (Å²) in [6, 6.07) is 14.0. The summed E-state index contributed by atoms with van der Waals surface area (Å²) in [4.78, 5) is 0. The maximum absolute atomic E-state index is 5.41. The van der Waals surface area contributed by atoms with Crippen molar-refractivity contribution in [3.05, 3.63) is 54.2 Å². The minimum absolute atomic E-state index is 0.301. The first-order chi connectivity index (χ1) is 12.3. The van der Waals surface area contributed by atoms with Crippen LogP contribution < -0.4 is 14.9 Å². The molecule has 1 aliphatic heterocycles. The van der Waals surface area contributed by atoms with Crippen LogP contribution in [0.3, 0.4) is 0 Å². The first kappa shape index (κ1) is 15.4. The Morgan fingerprint density at radius 2 is 2.04 bits per heavy atom. The van der Waals surface area contributed by atoms with Crippen LogP contribution in [0.5, 0.6) is 11.5 Å². The number of hydrogen-bond donors (Lipinski definition) is 1. The Labute approximate surface area is 145 Å². The number of anilines is 1. The van der Waals surface area contributed by atoms with E-state index in [1.807, 2.05) is 43.3 Å². The fourth-order valence-electron chi connectivity index (χ4n) is 2.74. The lowest BCUT2D eigenvalue weighted by molar-refractivity contribution is 0.174. The van der Waals surface area contributed by atoms with Gasteiger partial charge in [-0.15, -0.1) is 5.10 Å². The second kappa shape index (κ2) is 6.76. The van der Waals surface area contributed by atoms with Crippen LogP contribution in [0.4, 0.5) is 5.82 Å². The summed E-state index contributed by atoms with van der Waals surface area (Å²) in [5, 5.41) is 14.6. The second-order valence-electron chi connectivity index (χ2n) is 5.93. The predicted molar refractivity (Wildman–Crippen MR) is 97.2 cm³/mol. The highest BCUT2D eigenvalue weighted by Crippen LogP contribution is 2.32. The van der Waals surface area contributed by atoms with E-state index >= 15 is 0 Å². The molecule has 2 heterocycles. The highest BCUT2D eigenvalue weighted by atomic mass is 16.7. The second-order valence-corrected chi connectivity index (χ2v) is 5.93. The molecule has 6 nitrogen and oxygen atoms in total. The van der Waals surface area contributed by atoms with E-state index in [4.69, 9.17) is 9.47 Å². The molecule has 25 heavy (non-hydrogen) atoms. The van der Waals surface area contributed by atoms with Crippen LogP contribution in [0.25, 0.3) is 10.8 Å². The number of aryl methyl sites for hydroxylation is 1. The van der Waals surface area contributed by atoms with E-state index in [1.165, 1.54) is 5.56 Å². The monoisotopic (exact) mass is 334 g/mol. The van der Waals surface area contributed by atoms with Crippen molar-refractivity contribution in [2.24, 2.45) is 5.10 Å². The molecule has 0 bridgehead atoms. The molecule has 2 aromatic carbocycles. The number of fused-ring (bicyclic) bond motifs is 2. The lowest BCUT2D eigenvalue weighted by Gasteiger charge is -2.06. The molecule has 0 unspecified atom stereocenters. The van der Waals surface area contributed by atoms with Crippen LogP contribution >= 0.6 is 0 Å². The van der Waals surface area contributed by atoms with Gasteiger partial charge in [0.15, 0.2) is 17.3 Å². The number of benzene rings is 2. The van der Waals surface area contributed by atoms with Gasteiger partial charge in [-0.2, -0.15) is 10.2 Å². The zero-order valence-electron chi connectivity index (χ0n) is 13.9. The van der Waals surface area contributed by atoms with Crippen molar-refractivity contribution in [2.75, 3.05) is 12.2 Å². The Morgan fingerprint density at radius 3 is 3.00 bits per heavy atom. The topological polar surface area (TPSA) is 68.6 Å². The van der Waals surface area contributed by atoms with E-state index < -0.39 is 0 Å². The molecule has 6 heteroatoms. The molecule has 0 spiro atoms. The van der Waals surface area contributed by atoms with Gasteiger partial charge >= 0.3 is 0 Å². The van der Waals surface area contributed by atoms with Crippen LogP contribution in [0.2, 0.25) is 0 Å². The van der Waals surface area contributed by atoms with Crippen molar-refractivity contribution < 1.29 is 9.47 Å². The summed E-state index contributed by atoms with van der Waals surface area (Å²) < 4.78 is 10.7. The summed E-state index contributed by atoms with van der Waals surface area (Å²) in [5.41, 5.74) is 5.23. The van der Waals surface area contributed by atoms with E-state index in [9.17, 15) is 0 Å². The highest BCUT2D eigenvalue weighted by molar-refractivity contribution is 5.91. The third-order valence-corrected chi connectivity index (χ3v) is 4.14. The summed E-state index contributed by atoms with van der Waals surface area (Å²) in [6.45, 7) is 2.30. The van der Waals surface area contributed by atoms with Gasteiger partial charge in [-0.3, -0.25) is 5.43 Å². The van der Waals surface area contributed by atoms with Gasteiger partial charge in [-0.05, 0) is 37.5 Å². The Hall–Kier alpha value is -3.15. The quantitative estimate of drug-likeness (QED) is 0.568. The number of rotatable bonds is 5. The van der Waals surface area contributed by atoms with Crippen molar-refractivity contribution in [3.63, 3.8) is 0 Å². The Morgan fingerprint density at radius 1 is 1.16 bits per heavy atom. The molecule has 0 atom stereocenters. The van der Waals surface area contributed by atoms with Gasteiger partial charge in [0, 0.05) is 16.5 Å². The molecule has 3 aromatic rings. The SMILES string of the molecule is CC(CCc1ccc2c(c1)OCO2)=NNc1nncc2ccccc12. The van der Waals surface area contributed by atoms with E-state index in [0.717, 1.165) is 40.8 Å². The van der Waals surface area contributed by atoms with Gasteiger partial charge in [-0.1, -0.05) is 30.3 Å². The minimum atomic E-state index is 0.301. The van der Waals surface area contributed by atoms with Gasteiger partial charge in [-0.25, -0.2) is 0 Å². The number of ether oxygens (including phenoxy) is 2. The predicted octanol–water partition coefficient (Wildman–Crippen LogP) is 3.78. The van der Waals surface area contributed by atoms with Crippen molar-refractivity contribution >= 4 is 22.3 Å². The summed E-state index contributed by atoms with van der Waals surface area (Å²) in [5.74, 6) is 2.29. The van der Waals surface area contributed by atoms with Gasteiger partial charge < -0.3 is 9.47 Å². The Balaban J connectivity index is 1.41. The number of nitrogens with one attached hydrogen (secondary N) is 1. The highest BCUT2D eigenvalue weighted by Gasteiger charge is 2.13. The molecule has 0 radical (unpaired) electrons. The summed E-state index contributed by atoms with van der Waals surface area (Å²) in [6.07, 6.45) is 3.47. The van der Waals surface area contributed by atoms with E-state index in [1.54, 1.807) is 6.20 Å². The number of aromatic nitrogens is 2. The lowest BCUT2D eigenvalue weighted by Crippen LogP contribution is -2.02. The lowest BCUT2D eigenvalue weighted by atomic mass is 10.1. The van der Waals surface area contributed by atoms with Crippen LogP contribution in [0, 0.1) is 0 Å². The van der Waals surface area contributed by atoms with E-state index in [2.05, 4.69) is 26.8 Å². The molecule has 0 saturated heterocycles. The Kier molecular flexibility index (Phi) is 4.16. The van der Waals surface area contributed by atoms with Crippen LogP contribution in [0.15, 0.2) is 53.8 Å². The molecule has 1 aliphatic rings. The normalized spacial score (nSPS) is 13.2. The maximum Gasteiger partial charge on any atom is 0.231 e. The van der Waals surface area contributed by atoms with E-state index in [0.29, 0.717) is 12.6 Å². The molecule has 0 saturated carbocycles. The van der Waals surface area contributed by atoms with Gasteiger partial charge in [0.1, 0.15) is 0 Å². The first-order valence-corrected chi connectivity index (χ1v) is 8.18.